The van der Waals surface area contributed by atoms with Crippen LogP contribution in [0, 0.1) is 0 Å². The summed E-state index contributed by atoms with van der Waals surface area (Å²) in [6, 6.07) is 5.90. The molecule has 0 amide bonds. The number of hydrogen-bond donors (Lipinski definition) is 3. The summed E-state index contributed by atoms with van der Waals surface area (Å²) in [5.41, 5.74) is -0.237. The van der Waals surface area contributed by atoms with Gasteiger partial charge in [0.15, 0.2) is 0 Å². The Morgan fingerprint density at radius 2 is 1.92 bits per heavy atom. The number of nitrogens with one attached hydrogen (secondary N) is 3. The van der Waals surface area contributed by atoms with E-state index in [1.54, 1.807) is 12.1 Å². The van der Waals surface area contributed by atoms with E-state index in [1.165, 1.54) is 20.0 Å². The van der Waals surface area contributed by atoms with Crippen molar-refractivity contribution in [3.05, 3.63) is 30.0 Å². The van der Waals surface area contributed by atoms with Crippen LogP contribution in [0.25, 0.3) is 11.0 Å². The van der Waals surface area contributed by atoms with Gasteiger partial charge in [-0.2, -0.15) is 23.1 Å². The standard InChI is InChI=1S/C24H30F3N6O2P/c1-14(2)29-22-20-17(24(25,26)27)13-28-21(20)31-23(32-22)30-18-7-6-16(12-19(18)35-3)36(34)10-8-33(9-11-36)15-4-5-15/h6-7,12-15H,4-5,8-11H2,1-3H3,(H3,28,29,30,31,32). The number of methoxy groups -OCH3 is 1. The molecule has 0 atom stereocenters. The lowest BCUT2D eigenvalue weighted by Crippen LogP contribution is -2.38. The van der Waals surface area contributed by atoms with E-state index in [-0.39, 0.29) is 28.8 Å². The van der Waals surface area contributed by atoms with Crippen molar-refractivity contribution >= 4 is 40.9 Å². The number of ether oxygens (including phenoxy) is 1. The highest BCUT2D eigenvalue weighted by Gasteiger charge is 2.37. The van der Waals surface area contributed by atoms with Crippen molar-refractivity contribution in [2.75, 3.05) is 43.2 Å². The van der Waals surface area contributed by atoms with Crippen LogP contribution in [-0.4, -0.2) is 64.5 Å². The topological polar surface area (TPSA) is 95.2 Å². The van der Waals surface area contributed by atoms with Gasteiger partial charge in [0.25, 0.3) is 0 Å². The van der Waals surface area contributed by atoms with Crippen LogP contribution in [0.2, 0.25) is 0 Å². The summed E-state index contributed by atoms with van der Waals surface area (Å²) in [5, 5.41) is 6.72. The average Bonchev–Trinajstić information content (AvgIpc) is 3.56. The smallest absolute Gasteiger partial charge is 0.418 e. The lowest BCUT2D eigenvalue weighted by Gasteiger charge is -2.32. The first-order chi connectivity index (χ1) is 17.1. The Morgan fingerprint density at radius 1 is 1.19 bits per heavy atom. The summed E-state index contributed by atoms with van der Waals surface area (Å²) in [4.78, 5) is 13.7. The first kappa shape index (κ1) is 24.9. The number of fused-ring (bicyclic) bond motifs is 1. The van der Waals surface area contributed by atoms with Crippen molar-refractivity contribution in [3.63, 3.8) is 0 Å². The van der Waals surface area contributed by atoms with Gasteiger partial charge in [-0.1, -0.05) is 0 Å². The molecule has 12 heteroatoms. The molecule has 0 unspecified atom stereocenters. The summed E-state index contributed by atoms with van der Waals surface area (Å²) < 4.78 is 59.9. The molecule has 0 spiro atoms. The zero-order valence-electron chi connectivity index (χ0n) is 20.4. The number of benzene rings is 1. The minimum Gasteiger partial charge on any atom is -0.495 e. The van der Waals surface area contributed by atoms with Crippen LogP contribution >= 0.6 is 7.14 Å². The molecule has 8 nitrogen and oxygen atoms in total. The predicted octanol–water partition coefficient (Wildman–Crippen LogP) is 5.02. The van der Waals surface area contributed by atoms with Gasteiger partial charge in [-0.25, -0.2) is 0 Å². The molecule has 0 bridgehead atoms. The van der Waals surface area contributed by atoms with Gasteiger partial charge in [0, 0.05) is 49.0 Å². The van der Waals surface area contributed by atoms with Crippen LogP contribution in [0.1, 0.15) is 32.3 Å². The van der Waals surface area contributed by atoms with Gasteiger partial charge < -0.3 is 24.9 Å². The van der Waals surface area contributed by atoms with Gasteiger partial charge in [-0.15, -0.1) is 0 Å². The maximum atomic E-state index is 13.7. The molecule has 2 aliphatic rings. The van der Waals surface area contributed by atoms with Gasteiger partial charge >= 0.3 is 6.18 Å². The van der Waals surface area contributed by atoms with Gasteiger partial charge in [0.1, 0.15) is 24.4 Å². The fourth-order valence-corrected chi connectivity index (χ4v) is 7.31. The molecule has 0 radical (unpaired) electrons. The molecule has 3 heterocycles. The number of alkyl halides is 3. The van der Waals surface area contributed by atoms with Crippen molar-refractivity contribution in [2.24, 2.45) is 0 Å². The van der Waals surface area contributed by atoms with E-state index in [0.717, 1.165) is 24.6 Å². The summed E-state index contributed by atoms with van der Waals surface area (Å²) in [6.45, 7) is 5.33. The molecule has 5 rings (SSSR count). The lowest BCUT2D eigenvalue weighted by molar-refractivity contribution is -0.136. The number of aromatic nitrogens is 3. The highest BCUT2D eigenvalue weighted by atomic mass is 31.2. The normalized spacial score (nSPS) is 18.5. The van der Waals surface area contributed by atoms with Crippen molar-refractivity contribution in [1.29, 1.82) is 0 Å². The van der Waals surface area contributed by atoms with Crippen molar-refractivity contribution in [1.82, 2.24) is 19.9 Å². The molecular weight excluding hydrogens is 492 g/mol. The number of anilines is 3. The second-order valence-electron chi connectivity index (χ2n) is 9.73. The van der Waals surface area contributed by atoms with E-state index < -0.39 is 18.9 Å². The Kier molecular flexibility index (Phi) is 6.41. The third kappa shape index (κ3) is 4.91. The molecule has 3 N–H and O–H groups in total. The second kappa shape index (κ2) is 9.27. The highest BCUT2D eigenvalue weighted by molar-refractivity contribution is 7.71. The zero-order valence-corrected chi connectivity index (χ0v) is 21.3. The fourth-order valence-electron chi connectivity index (χ4n) is 4.71. The molecule has 36 heavy (non-hydrogen) atoms. The lowest BCUT2D eigenvalue weighted by atomic mass is 10.2. The van der Waals surface area contributed by atoms with Crippen LogP contribution < -0.4 is 20.7 Å². The quantitative estimate of drug-likeness (QED) is 0.375. The molecule has 1 aliphatic heterocycles. The number of halogens is 3. The summed E-state index contributed by atoms with van der Waals surface area (Å²) in [6.07, 6.45) is 0.127. The van der Waals surface area contributed by atoms with Crippen molar-refractivity contribution in [2.45, 2.75) is 44.9 Å². The summed E-state index contributed by atoms with van der Waals surface area (Å²) in [7, 11) is -1.01. The maximum absolute atomic E-state index is 13.7. The monoisotopic (exact) mass is 522 g/mol. The van der Waals surface area contributed by atoms with Crippen molar-refractivity contribution < 1.29 is 22.5 Å². The van der Waals surface area contributed by atoms with Gasteiger partial charge in [0.2, 0.25) is 5.95 Å². The first-order valence-electron chi connectivity index (χ1n) is 12.1. The number of aromatic amines is 1. The Hall–Kier alpha value is -2.78. The first-order valence-corrected chi connectivity index (χ1v) is 14.2. The molecule has 2 aromatic heterocycles. The van der Waals surface area contributed by atoms with Crippen LogP contribution in [0.5, 0.6) is 5.75 Å². The van der Waals surface area contributed by atoms with E-state index >= 15 is 0 Å². The van der Waals surface area contributed by atoms with Crippen molar-refractivity contribution in [3.8, 4) is 5.75 Å². The number of H-pyrrole nitrogens is 1. The van der Waals surface area contributed by atoms with Crippen LogP contribution in [-0.2, 0) is 10.7 Å². The van der Waals surface area contributed by atoms with E-state index in [1.807, 2.05) is 19.9 Å². The third-order valence-electron chi connectivity index (χ3n) is 6.72. The van der Waals surface area contributed by atoms with E-state index in [4.69, 9.17) is 4.74 Å². The van der Waals surface area contributed by atoms with Crippen LogP contribution in [0.15, 0.2) is 24.4 Å². The molecule has 1 saturated carbocycles. The Morgan fingerprint density at radius 3 is 2.53 bits per heavy atom. The van der Waals surface area contributed by atoms with E-state index in [2.05, 4.69) is 30.5 Å². The molecule has 1 aromatic carbocycles. The largest absolute Gasteiger partial charge is 0.495 e. The highest BCUT2D eigenvalue weighted by Crippen LogP contribution is 2.49. The Bertz CT molecular complexity index is 1310. The van der Waals surface area contributed by atoms with Crippen LogP contribution in [0.4, 0.5) is 30.6 Å². The third-order valence-corrected chi connectivity index (χ3v) is 9.79. The fraction of sp³-hybridized carbons (Fsp3) is 0.500. The van der Waals surface area contributed by atoms with E-state index in [0.29, 0.717) is 29.8 Å². The number of nitrogens with zero attached hydrogens (tertiary/aromatic N) is 3. The molecule has 1 saturated heterocycles. The average molecular weight is 523 g/mol. The second-order valence-corrected chi connectivity index (χ2v) is 12.9. The number of rotatable bonds is 7. The van der Waals surface area contributed by atoms with E-state index in [9.17, 15) is 17.7 Å². The Balaban J connectivity index is 1.44. The molecule has 2 fully saturated rings. The summed E-state index contributed by atoms with van der Waals surface area (Å²) in [5.74, 6) is 0.655. The minimum atomic E-state index is -4.55. The minimum absolute atomic E-state index is 0.0606. The molecule has 194 valence electrons. The number of hydrogen-bond acceptors (Lipinski definition) is 7. The predicted molar refractivity (Wildman–Crippen MR) is 135 cm³/mol. The molecule has 3 aromatic rings. The van der Waals surface area contributed by atoms with Gasteiger partial charge in [0.05, 0.1) is 23.7 Å². The summed E-state index contributed by atoms with van der Waals surface area (Å²) >= 11 is 0. The van der Waals surface area contributed by atoms with Gasteiger partial charge in [-0.05, 0) is 44.9 Å². The van der Waals surface area contributed by atoms with Crippen LogP contribution in [0.3, 0.4) is 0 Å². The van der Waals surface area contributed by atoms with Gasteiger partial charge in [-0.3, -0.25) is 4.90 Å². The zero-order chi connectivity index (χ0) is 25.7. The maximum Gasteiger partial charge on any atom is 0.418 e. The Labute approximate surface area is 207 Å². The molecule has 1 aliphatic carbocycles. The SMILES string of the molecule is COc1cc(P2(=O)CCN(C3CC3)CC2)ccc1Nc1nc(NC(C)C)c2c(C(F)(F)F)c[nH]c2n1. The molecular formula is C24H30F3N6O2P.